The quantitative estimate of drug-likeness (QED) is 0.744. The third-order valence-corrected chi connectivity index (χ3v) is 2.62. The zero-order valence-corrected chi connectivity index (χ0v) is 8.67. The lowest BCUT2D eigenvalue weighted by Crippen LogP contribution is -2.25. The lowest BCUT2D eigenvalue weighted by atomic mass is 10.4. The lowest BCUT2D eigenvalue weighted by Gasteiger charge is -1.99. The van der Waals surface area contributed by atoms with Crippen LogP contribution in [0.1, 0.15) is 25.3 Å². The fourth-order valence-electron chi connectivity index (χ4n) is 1.46. The van der Waals surface area contributed by atoms with Gasteiger partial charge in [-0.3, -0.25) is 9.13 Å². The van der Waals surface area contributed by atoms with Crippen LogP contribution in [0.4, 0.5) is 0 Å². The molecule has 4 nitrogen and oxygen atoms in total. The predicted molar refractivity (Wildman–Crippen MR) is 58.4 cm³/mol. The second-order valence-corrected chi connectivity index (χ2v) is 4.15. The van der Waals surface area contributed by atoms with Crippen LogP contribution in [0.5, 0.6) is 0 Å². The Hall–Kier alpha value is -1.10. The molecule has 0 amide bonds. The van der Waals surface area contributed by atoms with Crippen molar-refractivity contribution in [2.24, 2.45) is 5.73 Å². The molecule has 2 rings (SSSR count). The fraction of sp³-hybridized carbons (Fsp3) is 0.556. The minimum absolute atomic E-state index is 0.0590. The molecule has 0 radical (unpaired) electrons. The van der Waals surface area contributed by atoms with Gasteiger partial charge in [-0.15, -0.1) is 0 Å². The topological polar surface area (TPSA) is 52.9 Å². The standard InChI is InChI=1S/C9H13N3OS/c10-8(14)3-4-11-5-6-12(9(11)13)7-1-2-7/h5-7H,1-4H2,(H2,10,14). The summed E-state index contributed by atoms with van der Waals surface area (Å²) in [5.74, 6) is 0. The molecule has 1 aliphatic carbocycles. The lowest BCUT2D eigenvalue weighted by molar-refractivity contribution is 0.632. The summed E-state index contributed by atoms with van der Waals surface area (Å²) in [6.45, 7) is 0.591. The van der Waals surface area contributed by atoms with E-state index in [2.05, 4.69) is 0 Å². The number of rotatable bonds is 4. The number of hydrogen-bond acceptors (Lipinski definition) is 2. The maximum atomic E-state index is 11.7. The highest BCUT2D eigenvalue weighted by Gasteiger charge is 2.25. The van der Waals surface area contributed by atoms with E-state index in [4.69, 9.17) is 18.0 Å². The second-order valence-electron chi connectivity index (χ2n) is 3.63. The van der Waals surface area contributed by atoms with E-state index in [1.165, 1.54) is 0 Å². The van der Waals surface area contributed by atoms with E-state index in [-0.39, 0.29) is 5.69 Å². The second kappa shape index (κ2) is 3.57. The normalized spacial score (nSPS) is 15.7. The van der Waals surface area contributed by atoms with Crippen LogP contribution in [0, 0.1) is 0 Å². The minimum Gasteiger partial charge on any atom is -0.393 e. The number of imidazole rings is 1. The van der Waals surface area contributed by atoms with Gasteiger partial charge < -0.3 is 5.73 Å². The summed E-state index contributed by atoms with van der Waals surface area (Å²) < 4.78 is 3.46. The van der Waals surface area contributed by atoms with Crippen LogP contribution in [-0.4, -0.2) is 14.1 Å². The van der Waals surface area contributed by atoms with Crippen molar-refractivity contribution in [2.45, 2.75) is 31.8 Å². The Morgan fingerprint density at radius 1 is 1.57 bits per heavy atom. The zero-order valence-electron chi connectivity index (χ0n) is 7.85. The van der Waals surface area contributed by atoms with Crippen molar-refractivity contribution in [1.82, 2.24) is 9.13 Å². The van der Waals surface area contributed by atoms with Crippen molar-refractivity contribution in [2.75, 3.05) is 0 Å². The maximum absolute atomic E-state index is 11.7. The Bertz CT molecular complexity index is 402. The monoisotopic (exact) mass is 211 g/mol. The van der Waals surface area contributed by atoms with E-state index in [0.29, 0.717) is 24.0 Å². The van der Waals surface area contributed by atoms with Gasteiger partial charge >= 0.3 is 5.69 Å². The van der Waals surface area contributed by atoms with Gasteiger partial charge in [-0.2, -0.15) is 0 Å². The van der Waals surface area contributed by atoms with Gasteiger partial charge in [-0.25, -0.2) is 4.79 Å². The third kappa shape index (κ3) is 1.87. The van der Waals surface area contributed by atoms with E-state index in [1.54, 1.807) is 15.3 Å². The van der Waals surface area contributed by atoms with Crippen LogP contribution in [0.25, 0.3) is 0 Å². The minimum atomic E-state index is 0.0590. The molecule has 0 aromatic carbocycles. The van der Waals surface area contributed by atoms with Gasteiger partial charge in [0.25, 0.3) is 0 Å². The summed E-state index contributed by atoms with van der Waals surface area (Å²) >= 11 is 4.76. The molecule has 76 valence electrons. The SMILES string of the molecule is NC(=S)CCn1ccn(C2CC2)c1=O. The third-order valence-electron chi connectivity index (χ3n) is 2.41. The van der Waals surface area contributed by atoms with Gasteiger partial charge in [0.2, 0.25) is 0 Å². The predicted octanol–water partition coefficient (Wildman–Crippen LogP) is 0.661. The van der Waals surface area contributed by atoms with E-state index in [9.17, 15) is 4.79 Å². The Kier molecular flexibility index (Phi) is 2.41. The number of aryl methyl sites for hydroxylation is 1. The Labute approximate surface area is 87.3 Å². The highest BCUT2D eigenvalue weighted by atomic mass is 32.1. The summed E-state index contributed by atoms with van der Waals surface area (Å²) in [6, 6.07) is 0.438. The number of thiocarbonyl (C=S) groups is 1. The van der Waals surface area contributed by atoms with E-state index in [1.807, 2.05) is 6.20 Å². The summed E-state index contributed by atoms with van der Waals surface area (Å²) in [4.78, 5) is 12.2. The van der Waals surface area contributed by atoms with Crippen LogP contribution in [0.2, 0.25) is 0 Å². The molecule has 0 aliphatic heterocycles. The first-order valence-corrected chi connectivity index (χ1v) is 5.15. The van der Waals surface area contributed by atoms with Gasteiger partial charge in [0, 0.05) is 31.4 Å². The molecule has 1 aliphatic rings. The van der Waals surface area contributed by atoms with Crippen molar-refractivity contribution >= 4 is 17.2 Å². The average Bonchev–Trinajstić information content (AvgIpc) is 2.89. The molecule has 1 saturated carbocycles. The van der Waals surface area contributed by atoms with E-state index < -0.39 is 0 Å². The molecular weight excluding hydrogens is 198 g/mol. The summed E-state index contributed by atoms with van der Waals surface area (Å²) in [6.07, 6.45) is 6.49. The molecule has 0 bridgehead atoms. The van der Waals surface area contributed by atoms with E-state index in [0.717, 1.165) is 12.8 Å². The molecule has 1 aromatic heterocycles. The number of nitrogens with two attached hydrogens (primary N) is 1. The van der Waals surface area contributed by atoms with Crippen molar-refractivity contribution in [3.63, 3.8) is 0 Å². The molecule has 5 heteroatoms. The molecule has 0 atom stereocenters. The molecule has 1 heterocycles. The molecule has 2 N–H and O–H groups in total. The van der Waals surface area contributed by atoms with Crippen molar-refractivity contribution in [1.29, 1.82) is 0 Å². The molecule has 1 fully saturated rings. The summed E-state index contributed by atoms with van der Waals surface area (Å²) in [7, 11) is 0. The Balaban J connectivity index is 2.10. The van der Waals surface area contributed by atoms with Crippen LogP contribution < -0.4 is 11.4 Å². The molecule has 0 unspecified atom stereocenters. The van der Waals surface area contributed by atoms with Crippen LogP contribution >= 0.6 is 12.2 Å². The number of nitrogens with zero attached hydrogens (tertiary/aromatic N) is 2. The van der Waals surface area contributed by atoms with Gasteiger partial charge in [0.1, 0.15) is 0 Å². The first-order chi connectivity index (χ1) is 6.68. The number of hydrogen-bond donors (Lipinski definition) is 1. The van der Waals surface area contributed by atoms with E-state index >= 15 is 0 Å². The van der Waals surface area contributed by atoms with Gasteiger partial charge in [-0.05, 0) is 12.8 Å². The summed E-state index contributed by atoms with van der Waals surface area (Å²) in [5, 5.41) is 0. The van der Waals surface area contributed by atoms with Gasteiger partial charge in [0.15, 0.2) is 0 Å². The number of aromatic nitrogens is 2. The first kappa shape index (κ1) is 9.45. The molecule has 14 heavy (non-hydrogen) atoms. The first-order valence-electron chi connectivity index (χ1n) is 4.74. The molecule has 0 saturated heterocycles. The van der Waals surface area contributed by atoms with Gasteiger partial charge in [-0.1, -0.05) is 12.2 Å². The maximum Gasteiger partial charge on any atom is 0.328 e. The zero-order chi connectivity index (χ0) is 10.1. The van der Waals surface area contributed by atoms with Crippen LogP contribution in [0.3, 0.4) is 0 Å². The Morgan fingerprint density at radius 3 is 2.86 bits per heavy atom. The van der Waals surface area contributed by atoms with Crippen molar-refractivity contribution < 1.29 is 0 Å². The highest BCUT2D eigenvalue weighted by Crippen LogP contribution is 2.33. The van der Waals surface area contributed by atoms with Crippen molar-refractivity contribution in [3.8, 4) is 0 Å². The largest absolute Gasteiger partial charge is 0.393 e. The molecular formula is C9H13N3OS. The summed E-state index contributed by atoms with van der Waals surface area (Å²) in [5.41, 5.74) is 5.44. The molecule has 0 spiro atoms. The Morgan fingerprint density at radius 2 is 2.29 bits per heavy atom. The molecule has 1 aromatic rings. The van der Waals surface area contributed by atoms with Crippen molar-refractivity contribution in [3.05, 3.63) is 22.9 Å². The fourth-order valence-corrected chi connectivity index (χ4v) is 1.55. The smallest absolute Gasteiger partial charge is 0.328 e. The van der Waals surface area contributed by atoms with Crippen LogP contribution in [-0.2, 0) is 6.54 Å². The van der Waals surface area contributed by atoms with Crippen LogP contribution in [0.15, 0.2) is 17.2 Å². The highest BCUT2D eigenvalue weighted by molar-refractivity contribution is 7.80. The average molecular weight is 211 g/mol. The van der Waals surface area contributed by atoms with Gasteiger partial charge in [0.05, 0.1) is 4.99 Å².